The molecule has 1 aliphatic rings. The molecule has 0 radical (unpaired) electrons. The maximum Gasteiger partial charge on any atom is 0.407 e. The van der Waals surface area contributed by atoms with Crippen LogP contribution in [0.2, 0.25) is 0 Å². The molecule has 5 heteroatoms. The molecule has 0 unspecified atom stereocenters. The zero-order valence-electron chi connectivity index (χ0n) is 17.7. The van der Waals surface area contributed by atoms with Gasteiger partial charge in [-0.1, -0.05) is 6.07 Å². The van der Waals surface area contributed by atoms with Gasteiger partial charge in [0.05, 0.1) is 10.1 Å². The summed E-state index contributed by atoms with van der Waals surface area (Å²) in [4.78, 5) is 15.8. The lowest BCUT2D eigenvalue weighted by Crippen LogP contribution is -2.28. The molecule has 112 valence electrons. The molecule has 5 nitrogen and oxygen atoms in total. The van der Waals surface area contributed by atoms with Crippen molar-refractivity contribution in [3.8, 4) is 0 Å². The first-order valence-electron chi connectivity index (χ1n) is 9.73. The van der Waals surface area contributed by atoms with Gasteiger partial charge in [-0.25, -0.2) is 4.79 Å². The minimum atomic E-state index is -2.44. The molecular weight excluding hydrogens is 266 g/mol. The molecule has 2 aromatic rings. The molecule has 3 rings (SSSR count). The number of H-pyrrole nitrogens is 1. The minimum absolute atomic E-state index is 0.0680. The van der Waals surface area contributed by atoms with Gasteiger partial charge in [0.25, 0.3) is 0 Å². The van der Waals surface area contributed by atoms with Crippen molar-refractivity contribution in [2.24, 2.45) is 0 Å². The lowest BCUT2D eigenvalue weighted by atomic mass is 10.0. The summed E-state index contributed by atoms with van der Waals surface area (Å²) in [5, 5.41) is 3.11. The number of carbonyl (C=O) groups excluding carboxylic acids is 1. The van der Waals surface area contributed by atoms with Crippen LogP contribution in [0.4, 0.5) is 4.79 Å². The number of nitrogens with zero attached hydrogens (tertiary/aromatic N) is 1. The predicted molar refractivity (Wildman–Crippen MR) is 82.5 cm³/mol. The molecule has 1 atom stereocenters. The van der Waals surface area contributed by atoms with Gasteiger partial charge in [0.15, 0.2) is 0 Å². The molecule has 1 aromatic carbocycles. The Kier molecular flexibility index (Phi) is 2.32. The summed E-state index contributed by atoms with van der Waals surface area (Å²) in [7, 11) is 1.54. The number of carbonyl (C=O) groups is 1. The number of rotatable bonds is 5. The van der Waals surface area contributed by atoms with Gasteiger partial charge in [0.1, 0.15) is 6.56 Å². The molecule has 2 N–H and O–H groups in total. The monoisotopic (exact) mass is 293 g/mol. The topological polar surface area (TPSA) is 57.4 Å². The second-order valence-electron chi connectivity index (χ2n) is 5.14. The van der Waals surface area contributed by atoms with E-state index in [1.54, 1.807) is 13.1 Å². The summed E-state index contributed by atoms with van der Waals surface area (Å²) >= 11 is 0. The number of hydrogen-bond donors (Lipinski definition) is 2. The molecule has 0 aliphatic carbocycles. The molecule has 2 heterocycles. The Morgan fingerprint density at radius 2 is 2.52 bits per heavy atom. The van der Waals surface area contributed by atoms with Gasteiger partial charge in [0.2, 0.25) is 0 Å². The SMILES string of the molecule is [2H]C([2H])([2H])N(C)CCc1c[nH]c2ccc(C[C@]3([2H])NC(=O)OC3([2H])[2H])cc12. The van der Waals surface area contributed by atoms with E-state index in [4.69, 9.17) is 8.22 Å². The molecule has 0 saturated carbocycles. The predicted octanol–water partition coefficient (Wildman–Crippen LogP) is 1.92. The van der Waals surface area contributed by atoms with Gasteiger partial charge < -0.3 is 19.9 Å². The average Bonchev–Trinajstić information content (AvgIpc) is 3.01. The zero-order chi connectivity index (χ0) is 20.0. The molecule has 0 bridgehead atoms. The number of benzene rings is 1. The molecule has 21 heavy (non-hydrogen) atoms. The van der Waals surface area contributed by atoms with Crippen LogP contribution in [0.1, 0.15) is 19.4 Å². The van der Waals surface area contributed by atoms with Crippen molar-refractivity contribution in [3.63, 3.8) is 0 Å². The zero-order valence-corrected chi connectivity index (χ0v) is 11.7. The molecular formula is C16H21N3O2. The number of hydrogen-bond acceptors (Lipinski definition) is 3. The normalized spacial score (nSPS) is 29.0. The number of aromatic nitrogens is 1. The number of alkyl carbamates (subject to hydrolysis) is 1. The van der Waals surface area contributed by atoms with E-state index in [9.17, 15) is 4.79 Å². The maximum absolute atomic E-state index is 11.4. The fourth-order valence-corrected chi connectivity index (χ4v) is 2.40. The van der Waals surface area contributed by atoms with Crippen LogP contribution in [-0.4, -0.2) is 49.1 Å². The van der Waals surface area contributed by atoms with Crippen LogP contribution in [0.5, 0.6) is 0 Å². The van der Waals surface area contributed by atoms with Crippen LogP contribution in [-0.2, 0) is 17.6 Å². The van der Waals surface area contributed by atoms with Crippen LogP contribution in [0.15, 0.2) is 24.4 Å². The van der Waals surface area contributed by atoms with Gasteiger partial charge in [-0.15, -0.1) is 0 Å². The van der Waals surface area contributed by atoms with Crippen LogP contribution in [0.3, 0.4) is 0 Å². The summed E-state index contributed by atoms with van der Waals surface area (Å²) < 4.78 is 50.6. The second-order valence-corrected chi connectivity index (χ2v) is 5.14. The van der Waals surface area contributed by atoms with Crippen molar-refractivity contribution in [1.29, 1.82) is 0 Å². The highest BCUT2D eigenvalue weighted by molar-refractivity contribution is 5.84. The number of fused-ring (bicyclic) bond motifs is 1. The third-order valence-electron chi connectivity index (χ3n) is 3.45. The Hall–Kier alpha value is -2.01. The van der Waals surface area contributed by atoms with Crippen molar-refractivity contribution in [2.75, 3.05) is 27.1 Å². The highest BCUT2D eigenvalue weighted by Crippen LogP contribution is 2.21. The van der Waals surface area contributed by atoms with E-state index in [0.29, 0.717) is 18.5 Å². The first kappa shape index (κ1) is 8.44. The summed E-state index contributed by atoms with van der Waals surface area (Å²) in [6.45, 7) is -4.24. The van der Waals surface area contributed by atoms with E-state index in [-0.39, 0.29) is 6.42 Å². The van der Waals surface area contributed by atoms with Crippen LogP contribution >= 0.6 is 0 Å². The molecule has 1 fully saturated rings. The van der Waals surface area contributed by atoms with Crippen LogP contribution < -0.4 is 5.32 Å². The van der Waals surface area contributed by atoms with Gasteiger partial charge in [-0.2, -0.15) is 0 Å². The Morgan fingerprint density at radius 3 is 3.29 bits per heavy atom. The first-order valence-corrected chi connectivity index (χ1v) is 6.73. The third kappa shape index (κ3) is 3.19. The van der Waals surface area contributed by atoms with E-state index in [0.717, 1.165) is 16.5 Å². The number of amides is 1. The van der Waals surface area contributed by atoms with Crippen molar-refractivity contribution in [1.82, 2.24) is 15.2 Å². The summed E-state index contributed by atoms with van der Waals surface area (Å²) in [5.41, 5.74) is 2.45. The van der Waals surface area contributed by atoms with E-state index in [2.05, 4.69) is 15.0 Å². The van der Waals surface area contributed by atoms with Crippen molar-refractivity contribution < 1.29 is 17.8 Å². The van der Waals surface area contributed by atoms with Crippen molar-refractivity contribution in [2.45, 2.75) is 18.9 Å². The maximum atomic E-state index is 11.4. The number of aromatic amines is 1. The average molecular weight is 293 g/mol. The summed E-state index contributed by atoms with van der Waals surface area (Å²) in [6, 6.07) is 3.48. The molecule has 1 saturated heterocycles. The van der Waals surface area contributed by atoms with E-state index >= 15 is 0 Å². The Morgan fingerprint density at radius 1 is 1.62 bits per heavy atom. The number of nitrogens with one attached hydrogen (secondary N) is 2. The molecule has 1 aliphatic heterocycles. The fraction of sp³-hybridized carbons (Fsp3) is 0.438. The number of cyclic esters (lactones) is 1. The molecule has 0 spiro atoms. The summed E-state index contributed by atoms with van der Waals surface area (Å²) in [5.74, 6) is 0. The van der Waals surface area contributed by atoms with Gasteiger partial charge in [-0.3, -0.25) is 0 Å². The van der Waals surface area contributed by atoms with E-state index < -0.39 is 25.6 Å². The summed E-state index contributed by atoms with van der Waals surface area (Å²) in [6.07, 6.45) is 1.32. The van der Waals surface area contributed by atoms with Gasteiger partial charge >= 0.3 is 6.09 Å². The van der Waals surface area contributed by atoms with Crippen LogP contribution in [0.25, 0.3) is 10.9 Å². The van der Waals surface area contributed by atoms with E-state index in [1.807, 2.05) is 18.3 Å². The Balaban J connectivity index is 1.82. The number of likely N-dealkylation sites (N-methyl/N-ethyl adjacent to an activating group) is 1. The third-order valence-corrected chi connectivity index (χ3v) is 3.45. The van der Waals surface area contributed by atoms with Crippen molar-refractivity contribution in [3.05, 3.63) is 35.5 Å². The van der Waals surface area contributed by atoms with Gasteiger partial charge in [0, 0.05) is 27.8 Å². The van der Waals surface area contributed by atoms with E-state index in [1.165, 1.54) is 4.90 Å². The second kappa shape index (κ2) is 5.77. The molecule has 1 amide bonds. The first-order chi connectivity index (χ1) is 12.4. The quantitative estimate of drug-likeness (QED) is 0.885. The minimum Gasteiger partial charge on any atom is -0.447 e. The Labute approximate surface area is 132 Å². The van der Waals surface area contributed by atoms with Crippen LogP contribution in [0, 0.1) is 0 Å². The highest BCUT2D eigenvalue weighted by atomic mass is 16.6. The highest BCUT2D eigenvalue weighted by Gasteiger charge is 2.22. The lowest BCUT2D eigenvalue weighted by molar-refractivity contribution is 0.177. The Bertz CT molecular complexity index is 865. The standard InChI is InChI=1S/C16H21N3O2/c1-19(2)6-5-12-9-17-15-4-3-11(8-14(12)15)7-13-10-21-16(20)18-13/h3-4,8-9,13,17H,5-7,10H2,1-2H3,(H,18,20)/t13-/m0/s1/i1D3,10D2,13D. The molecule has 1 aromatic heterocycles. The van der Waals surface area contributed by atoms with Crippen molar-refractivity contribution >= 4 is 17.0 Å². The van der Waals surface area contributed by atoms with Gasteiger partial charge in [-0.05, 0) is 50.1 Å². The number of ether oxygens (including phenoxy) is 1. The smallest absolute Gasteiger partial charge is 0.407 e. The largest absolute Gasteiger partial charge is 0.447 e. The lowest BCUT2D eigenvalue weighted by Gasteiger charge is -2.09. The fourth-order valence-electron chi connectivity index (χ4n) is 2.40.